The van der Waals surface area contributed by atoms with Crippen molar-refractivity contribution in [3.05, 3.63) is 28.2 Å². The molecule has 1 N–H and O–H groups in total. The van der Waals surface area contributed by atoms with Crippen LogP contribution in [0.15, 0.2) is 22.7 Å². The SMILES string of the molecule is CC(C)CNCc1ccc(N2CCCOC(C)C2)cc1Br. The van der Waals surface area contributed by atoms with Crippen molar-refractivity contribution < 1.29 is 4.74 Å². The highest BCUT2D eigenvalue weighted by Gasteiger charge is 2.16. The number of hydrogen-bond acceptors (Lipinski definition) is 3. The van der Waals surface area contributed by atoms with E-state index >= 15 is 0 Å². The first kappa shape index (κ1) is 16.8. The van der Waals surface area contributed by atoms with E-state index in [0.717, 1.165) is 39.2 Å². The Balaban J connectivity index is 2.00. The fourth-order valence-electron chi connectivity index (χ4n) is 2.60. The molecule has 1 saturated heterocycles. The van der Waals surface area contributed by atoms with E-state index in [2.05, 4.69) is 65.1 Å². The number of rotatable bonds is 5. The first-order chi connectivity index (χ1) is 10.1. The number of nitrogens with one attached hydrogen (secondary N) is 1. The van der Waals surface area contributed by atoms with Crippen LogP contribution in [0.3, 0.4) is 0 Å². The van der Waals surface area contributed by atoms with Gasteiger partial charge in [-0.3, -0.25) is 0 Å². The molecule has 0 spiro atoms. The first-order valence-corrected chi connectivity index (χ1v) is 8.71. The lowest BCUT2D eigenvalue weighted by atomic mass is 10.1. The van der Waals surface area contributed by atoms with Gasteiger partial charge in [-0.25, -0.2) is 0 Å². The summed E-state index contributed by atoms with van der Waals surface area (Å²) >= 11 is 3.72. The number of hydrogen-bond donors (Lipinski definition) is 1. The van der Waals surface area contributed by atoms with Gasteiger partial charge < -0.3 is 15.0 Å². The molecule has 1 unspecified atom stereocenters. The lowest BCUT2D eigenvalue weighted by Crippen LogP contribution is -2.30. The molecular weight excluding hydrogens is 328 g/mol. The van der Waals surface area contributed by atoms with Gasteiger partial charge in [0.05, 0.1) is 6.10 Å². The summed E-state index contributed by atoms with van der Waals surface area (Å²) < 4.78 is 6.91. The monoisotopic (exact) mass is 354 g/mol. The molecule has 3 nitrogen and oxygen atoms in total. The van der Waals surface area contributed by atoms with E-state index in [1.165, 1.54) is 15.7 Å². The van der Waals surface area contributed by atoms with Crippen molar-refractivity contribution >= 4 is 21.6 Å². The average molecular weight is 355 g/mol. The summed E-state index contributed by atoms with van der Waals surface area (Å²) in [4.78, 5) is 2.42. The Kier molecular flexibility index (Phi) is 6.52. The van der Waals surface area contributed by atoms with Gasteiger partial charge in [-0.05, 0) is 43.5 Å². The first-order valence-electron chi connectivity index (χ1n) is 7.92. The summed E-state index contributed by atoms with van der Waals surface area (Å²) in [5.41, 5.74) is 2.60. The second-order valence-electron chi connectivity index (χ2n) is 6.28. The van der Waals surface area contributed by atoms with Crippen molar-refractivity contribution in [3.63, 3.8) is 0 Å². The molecule has 0 radical (unpaired) electrons. The lowest BCUT2D eigenvalue weighted by Gasteiger charge is -2.25. The Labute approximate surface area is 137 Å². The summed E-state index contributed by atoms with van der Waals surface area (Å²) in [6.07, 6.45) is 1.40. The Morgan fingerprint density at radius 3 is 2.95 bits per heavy atom. The molecule has 1 aliphatic rings. The quantitative estimate of drug-likeness (QED) is 0.869. The molecule has 1 aromatic rings. The van der Waals surface area contributed by atoms with Crippen LogP contribution in [-0.2, 0) is 11.3 Å². The van der Waals surface area contributed by atoms with Crippen LogP contribution in [-0.4, -0.2) is 32.3 Å². The predicted molar refractivity (Wildman–Crippen MR) is 92.9 cm³/mol. The minimum absolute atomic E-state index is 0.304. The van der Waals surface area contributed by atoms with Crippen LogP contribution < -0.4 is 10.2 Å². The third-order valence-electron chi connectivity index (χ3n) is 3.72. The van der Waals surface area contributed by atoms with Crippen LogP contribution in [0.1, 0.15) is 32.8 Å². The van der Waals surface area contributed by atoms with E-state index in [1.54, 1.807) is 0 Å². The number of halogens is 1. The van der Waals surface area contributed by atoms with E-state index < -0.39 is 0 Å². The molecule has 0 amide bonds. The van der Waals surface area contributed by atoms with Crippen molar-refractivity contribution in [2.45, 2.75) is 39.8 Å². The summed E-state index contributed by atoms with van der Waals surface area (Å²) in [5, 5.41) is 3.49. The van der Waals surface area contributed by atoms with Crippen LogP contribution in [0.25, 0.3) is 0 Å². The van der Waals surface area contributed by atoms with Gasteiger partial charge in [0.25, 0.3) is 0 Å². The van der Waals surface area contributed by atoms with Crippen LogP contribution in [0.2, 0.25) is 0 Å². The van der Waals surface area contributed by atoms with E-state index in [4.69, 9.17) is 4.74 Å². The van der Waals surface area contributed by atoms with Gasteiger partial charge in [0.2, 0.25) is 0 Å². The van der Waals surface area contributed by atoms with Gasteiger partial charge >= 0.3 is 0 Å². The van der Waals surface area contributed by atoms with Crippen molar-refractivity contribution in [2.75, 3.05) is 31.1 Å². The number of ether oxygens (including phenoxy) is 1. The largest absolute Gasteiger partial charge is 0.377 e. The van der Waals surface area contributed by atoms with E-state index in [0.29, 0.717) is 12.0 Å². The van der Waals surface area contributed by atoms with E-state index in [9.17, 15) is 0 Å². The number of anilines is 1. The maximum Gasteiger partial charge on any atom is 0.0721 e. The fraction of sp³-hybridized carbons (Fsp3) is 0.647. The average Bonchev–Trinajstić information content (AvgIpc) is 2.65. The Hall–Kier alpha value is -0.580. The van der Waals surface area contributed by atoms with Crippen LogP contribution in [0.4, 0.5) is 5.69 Å². The molecule has 0 bridgehead atoms. The Bertz CT molecular complexity index is 450. The van der Waals surface area contributed by atoms with E-state index in [-0.39, 0.29) is 0 Å². The Morgan fingerprint density at radius 2 is 2.24 bits per heavy atom. The molecule has 0 aliphatic carbocycles. The van der Waals surface area contributed by atoms with Crippen LogP contribution >= 0.6 is 15.9 Å². The predicted octanol–water partition coefficient (Wildman–Crippen LogP) is 3.81. The maximum absolute atomic E-state index is 5.72. The zero-order valence-corrected chi connectivity index (χ0v) is 14.9. The van der Waals surface area contributed by atoms with Gasteiger partial charge in [-0.2, -0.15) is 0 Å². The molecule has 2 rings (SSSR count). The third kappa shape index (κ3) is 5.28. The minimum Gasteiger partial charge on any atom is -0.377 e. The fourth-order valence-corrected chi connectivity index (χ4v) is 3.11. The van der Waals surface area contributed by atoms with Gasteiger partial charge in [0, 0.05) is 36.4 Å². The highest BCUT2D eigenvalue weighted by atomic mass is 79.9. The molecule has 1 fully saturated rings. The maximum atomic E-state index is 5.72. The number of nitrogens with zero attached hydrogens (tertiary/aromatic N) is 1. The molecule has 1 atom stereocenters. The molecule has 118 valence electrons. The molecule has 4 heteroatoms. The smallest absolute Gasteiger partial charge is 0.0721 e. The summed E-state index contributed by atoms with van der Waals surface area (Å²) in [6, 6.07) is 6.70. The second kappa shape index (κ2) is 8.16. The van der Waals surface area contributed by atoms with E-state index in [1.807, 2.05) is 0 Å². The standard InChI is InChI=1S/C17H27BrN2O/c1-13(2)10-19-11-15-5-6-16(9-17(15)18)20-7-4-8-21-14(3)12-20/h5-6,9,13-14,19H,4,7-8,10-12H2,1-3H3. The lowest BCUT2D eigenvalue weighted by molar-refractivity contribution is 0.0821. The van der Waals surface area contributed by atoms with Crippen molar-refractivity contribution in [1.82, 2.24) is 5.32 Å². The molecule has 0 aromatic heterocycles. The van der Waals surface area contributed by atoms with Gasteiger partial charge in [0.1, 0.15) is 0 Å². The minimum atomic E-state index is 0.304. The van der Waals surface area contributed by atoms with Crippen LogP contribution in [0.5, 0.6) is 0 Å². The van der Waals surface area contributed by atoms with Crippen molar-refractivity contribution in [2.24, 2.45) is 5.92 Å². The topological polar surface area (TPSA) is 24.5 Å². The van der Waals surface area contributed by atoms with Crippen LogP contribution in [0, 0.1) is 5.92 Å². The highest BCUT2D eigenvalue weighted by Crippen LogP contribution is 2.25. The molecule has 0 saturated carbocycles. The zero-order valence-electron chi connectivity index (χ0n) is 13.4. The van der Waals surface area contributed by atoms with Crippen molar-refractivity contribution in [1.29, 1.82) is 0 Å². The third-order valence-corrected chi connectivity index (χ3v) is 4.46. The highest BCUT2D eigenvalue weighted by molar-refractivity contribution is 9.10. The van der Waals surface area contributed by atoms with Gasteiger partial charge in [-0.15, -0.1) is 0 Å². The summed E-state index contributed by atoms with van der Waals surface area (Å²) in [6.45, 7) is 11.5. The normalized spacial score (nSPS) is 19.9. The second-order valence-corrected chi connectivity index (χ2v) is 7.14. The molecule has 1 aromatic carbocycles. The van der Waals surface area contributed by atoms with Gasteiger partial charge in [-0.1, -0.05) is 35.8 Å². The summed E-state index contributed by atoms with van der Waals surface area (Å²) in [7, 11) is 0. The van der Waals surface area contributed by atoms with Gasteiger partial charge in [0.15, 0.2) is 0 Å². The Morgan fingerprint density at radius 1 is 1.43 bits per heavy atom. The zero-order chi connectivity index (χ0) is 15.2. The summed E-state index contributed by atoms with van der Waals surface area (Å²) in [5.74, 6) is 0.682. The van der Waals surface area contributed by atoms with Crippen molar-refractivity contribution in [3.8, 4) is 0 Å². The number of benzene rings is 1. The molecule has 1 heterocycles. The molecular formula is C17H27BrN2O. The molecule has 21 heavy (non-hydrogen) atoms. The molecule has 1 aliphatic heterocycles.